The van der Waals surface area contributed by atoms with Crippen LogP contribution in [0.15, 0.2) is 0 Å². The second-order valence-corrected chi connectivity index (χ2v) is 3.30. The number of rotatable bonds is 8. The Morgan fingerprint density at radius 1 is 1.33 bits per heavy atom. The summed E-state index contributed by atoms with van der Waals surface area (Å²) in [6.45, 7) is 4.22. The number of amides is 1. The molecule has 5 nitrogen and oxygen atoms in total. The lowest BCUT2D eigenvalue weighted by Crippen LogP contribution is -2.45. The van der Waals surface area contributed by atoms with Gasteiger partial charge in [-0.05, 0) is 13.3 Å². The van der Waals surface area contributed by atoms with Crippen LogP contribution in [0.4, 0.5) is 0 Å². The Balaban J connectivity index is 4.00. The molecule has 0 aromatic rings. The quantitative estimate of drug-likeness (QED) is 0.615. The van der Waals surface area contributed by atoms with E-state index in [2.05, 4.69) is 0 Å². The maximum absolute atomic E-state index is 11.8. The van der Waals surface area contributed by atoms with Crippen LogP contribution in [0.2, 0.25) is 0 Å². The fraction of sp³-hybridized carbons (Fsp3) is 0.900. The molecule has 2 N–H and O–H groups in total. The van der Waals surface area contributed by atoms with Crippen molar-refractivity contribution in [2.24, 2.45) is 5.73 Å². The SMILES string of the molecule is CCN(CCOC)C(=O)C(N)CCOC. The molecule has 0 aliphatic carbocycles. The largest absolute Gasteiger partial charge is 0.385 e. The third-order valence-corrected chi connectivity index (χ3v) is 2.21. The number of carbonyl (C=O) groups excluding carboxylic acids is 1. The van der Waals surface area contributed by atoms with Crippen molar-refractivity contribution in [3.05, 3.63) is 0 Å². The van der Waals surface area contributed by atoms with E-state index in [0.29, 0.717) is 32.7 Å². The molecule has 15 heavy (non-hydrogen) atoms. The van der Waals surface area contributed by atoms with Crippen molar-refractivity contribution in [1.29, 1.82) is 0 Å². The highest BCUT2D eigenvalue weighted by Gasteiger charge is 2.18. The van der Waals surface area contributed by atoms with Crippen molar-refractivity contribution >= 4 is 5.91 Å². The average Bonchev–Trinajstić information content (AvgIpc) is 2.26. The Bertz CT molecular complexity index is 176. The van der Waals surface area contributed by atoms with Gasteiger partial charge in [0, 0.05) is 33.9 Å². The van der Waals surface area contributed by atoms with Crippen molar-refractivity contribution in [3.8, 4) is 0 Å². The number of nitrogens with two attached hydrogens (primary N) is 1. The molecule has 0 heterocycles. The molecule has 0 aromatic heterocycles. The molecule has 0 aliphatic heterocycles. The van der Waals surface area contributed by atoms with E-state index in [1.165, 1.54) is 0 Å². The predicted molar refractivity (Wildman–Crippen MR) is 58.6 cm³/mol. The van der Waals surface area contributed by atoms with Crippen LogP contribution in [0.3, 0.4) is 0 Å². The first-order valence-electron chi connectivity index (χ1n) is 5.19. The number of ether oxygens (including phenoxy) is 2. The molecule has 1 unspecified atom stereocenters. The zero-order valence-electron chi connectivity index (χ0n) is 9.86. The Morgan fingerprint density at radius 3 is 2.40 bits per heavy atom. The number of hydrogen-bond donors (Lipinski definition) is 1. The monoisotopic (exact) mass is 218 g/mol. The van der Waals surface area contributed by atoms with Gasteiger partial charge in [0.1, 0.15) is 0 Å². The first-order chi connectivity index (χ1) is 7.17. The summed E-state index contributed by atoms with van der Waals surface area (Å²) >= 11 is 0. The smallest absolute Gasteiger partial charge is 0.239 e. The Labute approximate surface area is 91.5 Å². The third kappa shape index (κ3) is 5.71. The minimum Gasteiger partial charge on any atom is -0.385 e. The molecule has 90 valence electrons. The van der Waals surface area contributed by atoms with Gasteiger partial charge < -0.3 is 20.1 Å². The molecule has 0 bridgehead atoms. The Kier molecular flexibility index (Phi) is 8.27. The van der Waals surface area contributed by atoms with E-state index in [4.69, 9.17) is 15.2 Å². The van der Waals surface area contributed by atoms with Gasteiger partial charge in [-0.15, -0.1) is 0 Å². The number of nitrogens with zero attached hydrogens (tertiary/aromatic N) is 1. The van der Waals surface area contributed by atoms with Crippen LogP contribution in [0.1, 0.15) is 13.3 Å². The second-order valence-electron chi connectivity index (χ2n) is 3.30. The van der Waals surface area contributed by atoms with Crippen LogP contribution in [-0.4, -0.2) is 57.4 Å². The van der Waals surface area contributed by atoms with E-state index in [-0.39, 0.29) is 5.91 Å². The standard InChI is InChI=1S/C10H22N2O3/c1-4-12(6-8-15-3)10(13)9(11)5-7-14-2/h9H,4-8,11H2,1-3H3. The summed E-state index contributed by atoms with van der Waals surface area (Å²) in [6.07, 6.45) is 0.554. The maximum atomic E-state index is 11.8. The maximum Gasteiger partial charge on any atom is 0.239 e. The summed E-state index contributed by atoms with van der Waals surface area (Å²) in [6, 6.07) is -0.471. The van der Waals surface area contributed by atoms with Crippen molar-refractivity contribution < 1.29 is 14.3 Å². The lowest BCUT2D eigenvalue weighted by Gasteiger charge is -2.23. The first-order valence-corrected chi connectivity index (χ1v) is 5.19. The van der Waals surface area contributed by atoms with Gasteiger partial charge in [0.15, 0.2) is 0 Å². The summed E-state index contributed by atoms with van der Waals surface area (Å²) < 4.78 is 9.81. The van der Waals surface area contributed by atoms with Gasteiger partial charge in [0.25, 0.3) is 0 Å². The van der Waals surface area contributed by atoms with Crippen molar-refractivity contribution in [1.82, 2.24) is 4.90 Å². The van der Waals surface area contributed by atoms with Crippen molar-refractivity contribution in [2.45, 2.75) is 19.4 Å². The Hall–Kier alpha value is -0.650. The van der Waals surface area contributed by atoms with Crippen LogP contribution >= 0.6 is 0 Å². The molecule has 0 radical (unpaired) electrons. The van der Waals surface area contributed by atoms with Crippen LogP contribution < -0.4 is 5.73 Å². The molecule has 1 atom stereocenters. The highest BCUT2D eigenvalue weighted by molar-refractivity contribution is 5.81. The molecule has 0 rings (SSSR count). The summed E-state index contributed by atoms with van der Waals surface area (Å²) in [4.78, 5) is 13.5. The summed E-state index contributed by atoms with van der Waals surface area (Å²) in [7, 11) is 3.21. The van der Waals surface area contributed by atoms with Gasteiger partial charge in [0.05, 0.1) is 12.6 Å². The number of likely N-dealkylation sites (N-methyl/N-ethyl adjacent to an activating group) is 1. The van der Waals surface area contributed by atoms with E-state index in [1.54, 1.807) is 19.1 Å². The van der Waals surface area contributed by atoms with E-state index in [0.717, 1.165) is 0 Å². The fourth-order valence-electron chi connectivity index (χ4n) is 1.23. The number of carbonyl (C=O) groups is 1. The summed E-state index contributed by atoms with van der Waals surface area (Å²) in [5.74, 6) is -0.0356. The number of methoxy groups -OCH3 is 2. The first kappa shape index (κ1) is 14.3. The summed E-state index contributed by atoms with van der Waals surface area (Å²) in [5, 5.41) is 0. The lowest BCUT2D eigenvalue weighted by atomic mass is 10.2. The van der Waals surface area contributed by atoms with E-state index < -0.39 is 6.04 Å². The highest BCUT2D eigenvalue weighted by atomic mass is 16.5. The minimum atomic E-state index is -0.471. The van der Waals surface area contributed by atoms with Crippen LogP contribution in [0.25, 0.3) is 0 Å². The van der Waals surface area contributed by atoms with Crippen molar-refractivity contribution in [3.63, 3.8) is 0 Å². The summed E-state index contributed by atoms with van der Waals surface area (Å²) in [5.41, 5.74) is 5.74. The molecule has 0 spiro atoms. The zero-order chi connectivity index (χ0) is 11.7. The van der Waals surface area contributed by atoms with Crippen LogP contribution in [0, 0.1) is 0 Å². The van der Waals surface area contributed by atoms with Crippen molar-refractivity contribution in [2.75, 3.05) is 40.5 Å². The van der Waals surface area contributed by atoms with Gasteiger partial charge in [-0.3, -0.25) is 4.79 Å². The van der Waals surface area contributed by atoms with Gasteiger partial charge in [-0.1, -0.05) is 0 Å². The molecule has 0 aromatic carbocycles. The van der Waals surface area contributed by atoms with E-state index in [9.17, 15) is 4.79 Å². The van der Waals surface area contributed by atoms with E-state index in [1.807, 2.05) is 6.92 Å². The van der Waals surface area contributed by atoms with Gasteiger partial charge in [0.2, 0.25) is 5.91 Å². The van der Waals surface area contributed by atoms with Crippen LogP contribution in [-0.2, 0) is 14.3 Å². The minimum absolute atomic E-state index is 0.0356. The zero-order valence-corrected chi connectivity index (χ0v) is 9.86. The van der Waals surface area contributed by atoms with Crippen LogP contribution in [0.5, 0.6) is 0 Å². The molecule has 1 amide bonds. The molecular formula is C10H22N2O3. The highest BCUT2D eigenvalue weighted by Crippen LogP contribution is 1.97. The molecule has 0 saturated heterocycles. The fourth-order valence-corrected chi connectivity index (χ4v) is 1.23. The molecule has 0 fully saturated rings. The molecule has 0 saturated carbocycles. The lowest BCUT2D eigenvalue weighted by molar-refractivity contribution is -0.133. The topological polar surface area (TPSA) is 64.8 Å². The molecular weight excluding hydrogens is 196 g/mol. The molecule has 5 heteroatoms. The normalized spacial score (nSPS) is 12.5. The van der Waals surface area contributed by atoms with E-state index >= 15 is 0 Å². The van der Waals surface area contributed by atoms with Gasteiger partial charge in [-0.2, -0.15) is 0 Å². The number of hydrogen-bond acceptors (Lipinski definition) is 4. The third-order valence-electron chi connectivity index (χ3n) is 2.21. The predicted octanol–water partition coefficient (Wildman–Crippen LogP) is -0.155. The Morgan fingerprint density at radius 2 is 1.93 bits per heavy atom. The average molecular weight is 218 g/mol. The van der Waals surface area contributed by atoms with Gasteiger partial charge in [-0.25, -0.2) is 0 Å². The second kappa shape index (κ2) is 8.64. The molecule has 0 aliphatic rings. The van der Waals surface area contributed by atoms with Gasteiger partial charge >= 0.3 is 0 Å².